The maximum Gasteiger partial charge on any atom is 0.416 e. The monoisotopic (exact) mass is 296 g/mol. The Balaban J connectivity index is 2.62. The van der Waals surface area contributed by atoms with Crippen LogP contribution in [0.15, 0.2) is 24.4 Å². The molecule has 0 aliphatic rings. The molecule has 0 unspecified atom stereocenters. The first kappa shape index (κ1) is 13.9. The van der Waals surface area contributed by atoms with E-state index in [1.165, 1.54) is 6.20 Å². The van der Waals surface area contributed by atoms with E-state index >= 15 is 0 Å². The van der Waals surface area contributed by atoms with Crippen LogP contribution in [0.25, 0.3) is 10.4 Å². The van der Waals surface area contributed by atoms with Crippen LogP contribution in [0, 0.1) is 5.51 Å². The van der Waals surface area contributed by atoms with Gasteiger partial charge in [0.05, 0.1) is 16.0 Å². The summed E-state index contributed by atoms with van der Waals surface area (Å²) in [6, 6.07) is 1.42. The van der Waals surface area contributed by atoms with E-state index in [4.69, 9.17) is 0 Å². The maximum atomic E-state index is 12.6. The predicted octanol–water partition coefficient (Wildman–Crippen LogP) is 4.65. The summed E-state index contributed by atoms with van der Waals surface area (Å²) in [6.45, 7) is 0. The van der Waals surface area contributed by atoms with Gasteiger partial charge in [0.2, 0.25) is 0 Å². The number of halogens is 6. The van der Waals surface area contributed by atoms with Crippen LogP contribution in [0.5, 0.6) is 0 Å². The average Bonchev–Trinajstić information content (AvgIpc) is 2.79. The largest absolute Gasteiger partial charge is 0.416 e. The van der Waals surface area contributed by atoms with Crippen molar-refractivity contribution in [1.82, 2.24) is 4.98 Å². The Labute approximate surface area is 107 Å². The maximum absolute atomic E-state index is 12.6. The number of rotatable bonds is 1. The highest BCUT2D eigenvalue weighted by Gasteiger charge is 2.37. The Morgan fingerprint density at radius 3 is 1.79 bits per heavy atom. The quantitative estimate of drug-likeness (QED) is 0.698. The molecule has 0 amide bonds. The van der Waals surface area contributed by atoms with Gasteiger partial charge in [-0.25, -0.2) is 4.98 Å². The van der Waals surface area contributed by atoms with Gasteiger partial charge in [0, 0.05) is 6.20 Å². The second kappa shape index (κ2) is 4.52. The normalized spacial score (nSPS) is 12.7. The van der Waals surface area contributed by atoms with E-state index in [0.29, 0.717) is 12.1 Å². The molecule has 0 aliphatic carbocycles. The van der Waals surface area contributed by atoms with Crippen LogP contribution in [0.4, 0.5) is 26.3 Å². The van der Waals surface area contributed by atoms with Crippen molar-refractivity contribution in [2.24, 2.45) is 0 Å². The molecule has 1 aromatic heterocycles. The van der Waals surface area contributed by atoms with Crippen molar-refractivity contribution in [3.8, 4) is 10.4 Å². The van der Waals surface area contributed by atoms with Gasteiger partial charge in [0.15, 0.2) is 5.51 Å². The highest BCUT2D eigenvalue weighted by molar-refractivity contribution is 7.12. The number of alkyl halides is 6. The molecule has 0 bridgehead atoms. The van der Waals surface area contributed by atoms with E-state index in [1.807, 2.05) is 0 Å². The van der Waals surface area contributed by atoms with E-state index in [0.717, 1.165) is 11.3 Å². The molecule has 1 heterocycles. The smallest absolute Gasteiger partial charge is 0.241 e. The first-order valence-corrected chi connectivity index (χ1v) is 5.61. The van der Waals surface area contributed by atoms with Crippen molar-refractivity contribution in [2.45, 2.75) is 12.4 Å². The molecule has 0 aliphatic heterocycles. The van der Waals surface area contributed by atoms with Gasteiger partial charge in [-0.15, -0.1) is 11.3 Å². The Bertz CT molecular complexity index is 538. The van der Waals surface area contributed by atoms with Crippen molar-refractivity contribution >= 4 is 11.3 Å². The van der Waals surface area contributed by atoms with Crippen LogP contribution in [0.1, 0.15) is 11.1 Å². The van der Waals surface area contributed by atoms with E-state index in [9.17, 15) is 26.3 Å². The summed E-state index contributed by atoms with van der Waals surface area (Å²) in [7, 11) is 0. The summed E-state index contributed by atoms with van der Waals surface area (Å²) in [6.07, 6.45) is -8.52. The van der Waals surface area contributed by atoms with Crippen LogP contribution in [0.2, 0.25) is 0 Å². The molecule has 0 N–H and O–H groups in total. The zero-order valence-corrected chi connectivity index (χ0v) is 9.75. The summed E-state index contributed by atoms with van der Waals surface area (Å²) in [5, 5.41) is 0. The lowest BCUT2D eigenvalue weighted by Crippen LogP contribution is -2.10. The third-order valence-corrected chi connectivity index (χ3v) is 3.02. The molecule has 2 rings (SSSR count). The summed E-state index contributed by atoms with van der Waals surface area (Å²) in [4.78, 5) is 3.70. The summed E-state index contributed by atoms with van der Waals surface area (Å²) in [5.74, 6) is 0. The summed E-state index contributed by atoms with van der Waals surface area (Å²) in [5.41, 5.74) is -0.490. The highest BCUT2D eigenvalue weighted by Crippen LogP contribution is 2.39. The van der Waals surface area contributed by atoms with Crippen LogP contribution in [-0.4, -0.2) is 4.98 Å². The van der Waals surface area contributed by atoms with E-state index < -0.39 is 23.5 Å². The predicted molar refractivity (Wildman–Crippen MR) is 56.4 cm³/mol. The third-order valence-electron chi connectivity index (χ3n) is 2.26. The van der Waals surface area contributed by atoms with Crippen molar-refractivity contribution in [1.29, 1.82) is 0 Å². The molecular formula is C11H4F6NS. The first-order chi connectivity index (χ1) is 8.68. The second-order valence-corrected chi connectivity index (χ2v) is 4.44. The fraction of sp³-hybridized carbons (Fsp3) is 0.182. The number of aromatic nitrogens is 1. The molecule has 1 nitrogen and oxygen atoms in total. The second-order valence-electron chi connectivity index (χ2n) is 3.61. The molecule has 8 heteroatoms. The van der Waals surface area contributed by atoms with Gasteiger partial charge in [-0.3, -0.25) is 0 Å². The molecule has 0 spiro atoms. The van der Waals surface area contributed by atoms with Crippen molar-refractivity contribution in [3.63, 3.8) is 0 Å². The Morgan fingerprint density at radius 1 is 0.895 bits per heavy atom. The molecular weight excluding hydrogens is 292 g/mol. The summed E-state index contributed by atoms with van der Waals surface area (Å²) < 4.78 is 75.5. The molecule has 0 atom stereocenters. The minimum Gasteiger partial charge on any atom is -0.241 e. The molecule has 1 radical (unpaired) electrons. The minimum absolute atomic E-state index is 0.0915. The molecule has 0 saturated heterocycles. The Morgan fingerprint density at radius 2 is 1.42 bits per heavy atom. The van der Waals surface area contributed by atoms with Crippen molar-refractivity contribution in [3.05, 3.63) is 41.0 Å². The molecule has 19 heavy (non-hydrogen) atoms. The van der Waals surface area contributed by atoms with E-state index in [2.05, 4.69) is 10.5 Å². The summed E-state index contributed by atoms with van der Waals surface area (Å²) >= 11 is 0.844. The van der Waals surface area contributed by atoms with Crippen LogP contribution >= 0.6 is 11.3 Å². The van der Waals surface area contributed by atoms with Gasteiger partial charge in [-0.05, 0) is 23.8 Å². The molecule has 1 aromatic carbocycles. The third kappa shape index (κ3) is 3.06. The van der Waals surface area contributed by atoms with Crippen LogP contribution < -0.4 is 0 Å². The lowest BCUT2D eigenvalue weighted by Gasteiger charge is -2.13. The van der Waals surface area contributed by atoms with Gasteiger partial charge in [-0.2, -0.15) is 26.3 Å². The number of hydrogen-bond acceptors (Lipinski definition) is 2. The van der Waals surface area contributed by atoms with E-state index in [-0.39, 0.29) is 16.5 Å². The fourth-order valence-electron chi connectivity index (χ4n) is 1.42. The molecule has 0 fully saturated rings. The van der Waals surface area contributed by atoms with Crippen molar-refractivity contribution < 1.29 is 26.3 Å². The lowest BCUT2D eigenvalue weighted by atomic mass is 10.0. The van der Waals surface area contributed by atoms with Gasteiger partial charge in [0.1, 0.15) is 0 Å². The zero-order valence-electron chi connectivity index (χ0n) is 8.93. The molecule has 101 valence electrons. The van der Waals surface area contributed by atoms with E-state index in [1.54, 1.807) is 0 Å². The number of hydrogen-bond donors (Lipinski definition) is 0. The number of nitrogens with zero attached hydrogens (tertiary/aromatic N) is 1. The SMILES string of the molecule is FC(F)(F)c1cc(-c2cn[c]s2)cc(C(F)(F)F)c1. The number of thiazole rings is 1. The number of benzene rings is 1. The van der Waals surface area contributed by atoms with Crippen molar-refractivity contribution in [2.75, 3.05) is 0 Å². The Hall–Kier alpha value is -1.57. The lowest BCUT2D eigenvalue weighted by molar-refractivity contribution is -0.143. The van der Waals surface area contributed by atoms with Gasteiger partial charge in [0.25, 0.3) is 0 Å². The van der Waals surface area contributed by atoms with Crippen LogP contribution in [0.3, 0.4) is 0 Å². The van der Waals surface area contributed by atoms with Gasteiger partial charge in [-0.1, -0.05) is 0 Å². The topological polar surface area (TPSA) is 12.9 Å². The van der Waals surface area contributed by atoms with Gasteiger partial charge < -0.3 is 0 Å². The minimum atomic E-state index is -4.84. The molecule has 2 aromatic rings. The Kier molecular flexibility index (Phi) is 3.29. The first-order valence-electron chi connectivity index (χ1n) is 4.79. The standard InChI is InChI=1S/C11H4F6NS/c12-10(13,14)7-1-6(9-4-18-5-19-9)2-8(3-7)11(15,16)17/h1-4H. The highest BCUT2D eigenvalue weighted by atomic mass is 32.1. The molecule has 0 saturated carbocycles. The van der Waals surface area contributed by atoms with Gasteiger partial charge >= 0.3 is 12.4 Å². The van der Waals surface area contributed by atoms with Crippen LogP contribution in [-0.2, 0) is 12.4 Å². The zero-order chi connectivity index (χ0) is 14.3. The average molecular weight is 296 g/mol. The fourth-order valence-corrected chi connectivity index (χ4v) is 1.96.